The maximum absolute atomic E-state index is 11.9. The summed E-state index contributed by atoms with van der Waals surface area (Å²) in [5.41, 5.74) is 1.04. The Morgan fingerprint density at radius 1 is 1.58 bits per heavy atom. The van der Waals surface area contributed by atoms with E-state index in [1.807, 2.05) is 6.07 Å². The summed E-state index contributed by atoms with van der Waals surface area (Å²) in [5.74, 6) is 0.454. The summed E-state index contributed by atoms with van der Waals surface area (Å²) >= 11 is 0. The van der Waals surface area contributed by atoms with Gasteiger partial charge in [0.25, 0.3) is 5.91 Å². The lowest BCUT2D eigenvalue weighted by Crippen LogP contribution is -2.31. The lowest BCUT2D eigenvalue weighted by molar-refractivity contribution is 0.0853. The van der Waals surface area contributed by atoms with Crippen LogP contribution in [0.1, 0.15) is 23.3 Å². The lowest BCUT2D eigenvalue weighted by atomic mass is 10.2. The molecule has 0 saturated carbocycles. The van der Waals surface area contributed by atoms with Gasteiger partial charge in [-0.3, -0.25) is 9.89 Å². The second-order valence-corrected chi connectivity index (χ2v) is 4.49. The zero-order valence-electron chi connectivity index (χ0n) is 10.4. The Hall–Kier alpha value is -2.08. The zero-order valence-corrected chi connectivity index (χ0v) is 10.4. The SMILES string of the molecule is O=C(NC[C@@H]1CCCO1)c1cc(-c2ccco2)[nH]n1. The van der Waals surface area contributed by atoms with Crippen molar-refractivity contribution in [3.63, 3.8) is 0 Å². The van der Waals surface area contributed by atoms with E-state index >= 15 is 0 Å². The van der Waals surface area contributed by atoms with Crippen molar-refractivity contribution in [2.75, 3.05) is 13.2 Å². The normalized spacial score (nSPS) is 18.6. The number of ether oxygens (including phenoxy) is 1. The summed E-state index contributed by atoms with van der Waals surface area (Å²) in [6.07, 6.45) is 3.77. The Bertz CT molecular complexity index is 541. The Labute approximate surface area is 110 Å². The van der Waals surface area contributed by atoms with Crippen LogP contribution in [0, 0.1) is 0 Å². The van der Waals surface area contributed by atoms with Crippen molar-refractivity contribution in [3.05, 3.63) is 30.2 Å². The van der Waals surface area contributed by atoms with Crippen molar-refractivity contribution in [2.45, 2.75) is 18.9 Å². The fourth-order valence-electron chi connectivity index (χ4n) is 2.10. The van der Waals surface area contributed by atoms with Crippen molar-refractivity contribution in [1.82, 2.24) is 15.5 Å². The van der Waals surface area contributed by atoms with Crippen LogP contribution < -0.4 is 5.32 Å². The first-order valence-corrected chi connectivity index (χ1v) is 6.32. The van der Waals surface area contributed by atoms with Crippen molar-refractivity contribution in [2.24, 2.45) is 0 Å². The molecule has 0 radical (unpaired) electrons. The average Bonchev–Trinajstić information content (AvgIpc) is 3.14. The highest BCUT2D eigenvalue weighted by atomic mass is 16.5. The highest BCUT2D eigenvalue weighted by molar-refractivity contribution is 5.93. The molecule has 3 heterocycles. The van der Waals surface area contributed by atoms with E-state index in [1.165, 1.54) is 0 Å². The van der Waals surface area contributed by atoms with Crippen LogP contribution in [-0.2, 0) is 4.74 Å². The Kier molecular flexibility index (Phi) is 3.33. The van der Waals surface area contributed by atoms with E-state index < -0.39 is 0 Å². The molecule has 100 valence electrons. The topological polar surface area (TPSA) is 80.1 Å². The van der Waals surface area contributed by atoms with E-state index in [0.29, 0.717) is 23.7 Å². The minimum absolute atomic E-state index is 0.132. The summed E-state index contributed by atoms with van der Waals surface area (Å²) in [6, 6.07) is 5.26. The molecule has 0 unspecified atom stereocenters. The molecule has 2 aromatic heterocycles. The van der Waals surface area contributed by atoms with Gasteiger partial charge in [-0.1, -0.05) is 0 Å². The molecule has 0 aromatic carbocycles. The first-order chi connectivity index (χ1) is 9.33. The van der Waals surface area contributed by atoms with Crippen LogP contribution in [0.2, 0.25) is 0 Å². The van der Waals surface area contributed by atoms with Gasteiger partial charge in [-0.05, 0) is 25.0 Å². The standard InChI is InChI=1S/C13H15N3O3/c17-13(14-8-9-3-1-5-18-9)11-7-10(15-16-11)12-4-2-6-19-12/h2,4,6-7,9H,1,3,5,8H2,(H,14,17)(H,15,16)/t9-/m0/s1. The maximum atomic E-state index is 11.9. The van der Waals surface area contributed by atoms with Gasteiger partial charge >= 0.3 is 0 Å². The molecule has 1 aliphatic rings. The largest absolute Gasteiger partial charge is 0.463 e. The lowest BCUT2D eigenvalue weighted by Gasteiger charge is -2.09. The smallest absolute Gasteiger partial charge is 0.271 e. The number of carbonyl (C=O) groups excluding carboxylic acids is 1. The molecule has 0 spiro atoms. The zero-order chi connectivity index (χ0) is 13.1. The predicted molar refractivity (Wildman–Crippen MR) is 67.6 cm³/mol. The van der Waals surface area contributed by atoms with Gasteiger partial charge < -0.3 is 14.5 Å². The van der Waals surface area contributed by atoms with Gasteiger partial charge in [-0.15, -0.1) is 0 Å². The van der Waals surface area contributed by atoms with E-state index in [9.17, 15) is 4.79 Å². The van der Waals surface area contributed by atoms with Crippen LogP contribution in [-0.4, -0.2) is 35.4 Å². The molecule has 1 saturated heterocycles. The maximum Gasteiger partial charge on any atom is 0.271 e. The van der Waals surface area contributed by atoms with Gasteiger partial charge in [0.1, 0.15) is 5.69 Å². The third-order valence-corrected chi connectivity index (χ3v) is 3.11. The molecule has 1 amide bonds. The van der Waals surface area contributed by atoms with Gasteiger partial charge in [0, 0.05) is 19.2 Å². The average molecular weight is 261 g/mol. The van der Waals surface area contributed by atoms with Crippen LogP contribution in [0.15, 0.2) is 28.9 Å². The number of amides is 1. The summed E-state index contributed by atoms with van der Waals surface area (Å²) in [6.45, 7) is 1.31. The molecule has 6 heteroatoms. The van der Waals surface area contributed by atoms with E-state index in [1.54, 1.807) is 18.4 Å². The Morgan fingerprint density at radius 2 is 2.53 bits per heavy atom. The summed E-state index contributed by atoms with van der Waals surface area (Å²) in [4.78, 5) is 11.9. The van der Waals surface area contributed by atoms with Gasteiger partial charge in [-0.25, -0.2) is 0 Å². The second-order valence-electron chi connectivity index (χ2n) is 4.49. The van der Waals surface area contributed by atoms with Crippen molar-refractivity contribution < 1.29 is 13.9 Å². The van der Waals surface area contributed by atoms with E-state index in [-0.39, 0.29) is 12.0 Å². The molecule has 19 heavy (non-hydrogen) atoms. The van der Waals surface area contributed by atoms with Crippen LogP contribution in [0.4, 0.5) is 0 Å². The third kappa shape index (κ3) is 2.68. The van der Waals surface area contributed by atoms with Crippen LogP contribution in [0.25, 0.3) is 11.5 Å². The van der Waals surface area contributed by atoms with Crippen LogP contribution in [0.5, 0.6) is 0 Å². The van der Waals surface area contributed by atoms with Gasteiger partial charge in [0.15, 0.2) is 11.5 Å². The fourth-order valence-corrected chi connectivity index (χ4v) is 2.10. The quantitative estimate of drug-likeness (QED) is 0.875. The molecule has 2 aromatic rings. The number of aromatic amines is 1. The number of nitrogens with zero attached hydrogens (tertiary/aromatic N) is 1. The molecule has 2 N–H and O–H groups in total. The van der Waals surface area contributed by atoms with E-state index in [2.05, 4.69) is 15.5 Å². The summed E-state index contributed by atoms with van der Waals surface area (Å²) in [7, 11) is 0. The molecule has 6 nitrogen and oxygen atoms in total. The fraction of sp³-hybridized carbons (Fsp3) is 0.385. The van der Waals surface area contributed by atoms with Crippen LogP contribution in [0.3, 0.4) is 0 Å². The number of furan rings is 1. The third-order valence-electron chi connectivity index (χ3n) is 3.11. The monoisotopic (exact) mass is 261 g/mol. The van der Waals surface area contributed by atoms with Gasteiger partial charge in [0.05, 0.1) is 12.4 Å². The van der Waals surface area contributed by atoms with Gasteiger partial charge in [0.2, 0.25) is 0 Å². The van der Waals surface area contributed by atoms with E-state index in [0.717, 1.165) is 19.4 Å². The minimum atomic E-state index is -0.204. The number of hydrogen-bond donors (Lipinski definition) is 2. The van der Waals surface area contributed by atoms with Crippen LogP contribution >= 0.6 is 0 Å². The predicted octanol–water partition coefficient (Wildman–Crippen LogP) is 1.58. The molecule has 0 aliphatic carbocycles. The molecule has 1 atom stereocenters. The van der Waals surface area contributed by atoms with Crippen molar-refractivity contribution >= 4 is 5.91 Å². The number of carbonyl (C=O) groups is 1. The number of nitrogens with one attached hydrogen (secondary N) is 2. The van der Waals surface area contributed by atoms with Crippen molar-refractivity contribution in [3.8, 4) is 11.5 Å². The molecule has 0 bridgehead atoms. The molecular weight excluding hydrogens is 246 g/mol. The Morgan fingerprint density at radius 3 is 3.26 bits per heavy atom. The Balaban J connectivity index is 1.60. The molecular formula is C13H15N3O3. The summed E-state index contributed by atoms with van der Waals surface area (Å²) < 4.78 is 10.7. The second kappa shape index (κ2) is 5.27. The van der Waals surface area contributed by atoms with Crippen molar-refractivity contribution in [1.29, 1.82) is 0 Å². The number of rotatable bonds is 4. The highest BCUT2D eigenvalue weighted by Gasteiger charge is 2.18. The van der Waals surface area contributed by atoms with E-state index in [4.69, 9.17) is 9.15 Å². The molecule has 3 rings (SSSR count). The van der Waals surface area contributed by atoms with Gasteiger partial charge in [-0.2, -0.15) is 5.10 Å². The highest BCUT2D eigenvalue weighted by Crippen LogP contribution is 2.17. The first-order valence-electron chi connectivity index (χ1n) is 6.32. The number of hydrogen-bond acceptors (Lipinski definition) is 4. The number of aromatic nitrogens is 2. The molecule has 1 aliphatic heterocycles. The first kappa shape index (κ1) is 12.0. The minimum Gasteiger partial charge on any atom is -0.463 e. The molecule has 1 fully saturated rings. The number of H-pyrrole nitrogens is 1. The summed E-state index contributed by atoms with van der Waals surface area (Å²) in [5, 5.41) is 9.58.